The zero-order valence-corrected chi connectivity index (χ0v) is 30.3. The molecule has 0 atom stereocenters. The zero-order valence-electron chi connectivity index (χ0n) is 30.3. The van der Waals surface area contributed by atoms with E-state index in [0.717, 1.165) is 17.1 Å². The van der Waals surface area contributed by atoms with Crippen LogP contribution in [0.4, 0.5) is 17.1 Å². The molecule has 0 fully saturated rings. The maximum absolute atomic E-state index is 2.40. The molecule has 0 radical (unpaired) electrons. The van der Waals surface area contributed by atoms with E-state index in [2.05, 4.69) is 229 Å². The molecule has 258 valence electrons. The summed E-state index contributed by atoms with van der Waals surface area (Å²) in [7, 11) is 0. The molecule has 0 spiro atoms. The van der Waals surface area contributed by atoms with E-state index < -0.39 is 0 Å². The smallest absolute Gasteiger partial charge is 0.0468 e. The van der Waals surface area contributed by atoms with Crippen molar-refractivity contribution < 1.29 is 0 Å². The molecule has 0 saturated carbocycles. The van der Waals surface area contributed by atoms with Crippen molar-refractivity contribution in [2.45, 2.75) is 0 Å². The van der Waals surface area contributed by atoms with Crippen molar-refractivity contribution in [1.29, 1.82) is 0 Å². The fourth-order valence-electron chi connectivity index (χ4n) is 8.10. The van der Waals surface area contributed by atoms with Crippen LogP contribution in [0.5, 0.6) is 0 Å². The Kier molecular flexibility index (Phi) is 8.24. The zero-order chi connectivity index (χ0) is 36.6. The largest absolute Gasteiger partial charge is 0.310 e. The molecule has 0 aromatic heterocycles. The molecule has 0 amide bonds. The lowest BCUT2D eigenvalue weighted by Crippen LogP contribution is -2.10. The van der Waals surface area contributed by atoms with Crippen molar-refractivity contribution in [3.05, 3.63) is 224 Å². The summed E-state index contributed by atoms with van der Waals surface area (Å²) in [5, 5.41) is 7.51. The van der Waals surface area contributed by atoms with Gasteiger partial charge in [0, 0.05) is 17.1 Å². The second-order valence-corrected chi connectivity index (χ2v) is 14.1. The van der Waals surface area contributed by atoms with E-state index in [1.54, 1.807) is 0 Å². The highest BCUT2D eigenvalue weighted by Crippen LogP contribution is 2.42. The van der Waals surface area contributed by atoms with E-state index in [-0.39, 0.29) is 0 Å². The van der Waals surface area contributed by atoms with Crippen LogP contribution in [0.3, 0.4) is 0 Å². The average molecular weight is 700 g/mol. The van der Waals surface area contributed by atoms with Gasteiger partial charge in [-0.2, -0.15) is 0 Å². The molecular formula is C54H37N. The van der Waals surface area contributed by atoms with Gasteiger partial charge in [0.05, 0.1) is 0 Å². The molecule has 0 aliphatic heterocycles. The van der Waals surface area contributed by atoms with Gasteiger partial charge < -0.3 is 4.90 Å². The number of benzene rings is 10. The van der Waals surface area contributed by atoms with Crippen molar-refractivity contribution in [2.75, 3.05) is 4.90 Å². The van der Waals surface area contributed by atoms with Crippen LogP contribution in [0.25, 0.3) is 76.8 Å². The molecule has 0 saturated heterocycles. The Bertz CT molecular complexity index is 2940. The molecule has 10 rings (SSSR count). The maximum Gasteiger partial charge on any atom is 0.0468 e. The summed E-state index contributed by atoms with van der Waals surface area (Å²) >= 11 is 0. The van der Waals surface area contributed by atoms with E-state index in [9.17, 15) is 0 Å². The summed E-state index contributed by atoms with van der Waals surface area (Å²) in [5.41, 5.74) is 13.0. The lowest BCUT2D eigenvalue weighted by molar-refractivity contribution is 1.29. The Morgan fingerprint density at radius 3 is 1.38 bits per heavy atom. The number of rotatable bonds is 7. The van der Waals surface area contributed by atoms with Crippen molar-refractivity contribution in [3.8, 4) is 44.5 Å². The van der Waals surface area contributed by atoms with Gasteiger partial charge in [-0.1, -0.05) is 188 Å². The van der Waals surface area contributed by atoms with Crippen LogP contribution >= 0.6 is 0 Å². The van der Waals surface area contributed by atoms with Crippen molar-refractivity contribution in [2.24, 2.45) is 0 Å². The Morgan fingerprint density at radius 1 is 0.218 bits per heavy atom. The predicted octanol–water partition coefficient (Wildman–Crippen LogP) is 15.3. The van der Waals surface area contributed by atoms with Crippen LogP contribution in [-0.2, 0) is 0 Å². The van der Waals surface area contributed by atoms with Crippen LogP contribution < -0.4 is 4.90 Å². The van der Waals surface area contributed by atoms with Crippen LogP contribution in [-0.4, -0.2) is 0 Å². The lowest BCUT2D eigenvalue weighted by Gasteiger charge is -2.27. The van der Waals surface area contributed by atoms with Gasteiger partial charge in [-0.25, -0.2) is 0 Å². The Hall–Kier alpha value is -7.22. The summed E-state index contributed by atoms with van der Waals surface area (Å²) in [6, 6.07) is 81.5. The summed E-state index contributed by atoms with van der Waals surface area (Å²) < 4.78 is 0. The van der Waals surface area contributed by atoms with Gasteiger partial charge in [-0.3, -0.25) is 0 Å². The van der Waals surface area contributed by atoms with Crippen LogP contribution in [0.2, 0.25) is 0 Å². The first-order valence-corrected chi connectivity index (χ1v) is 18.9. The topological polar surface area (TPSA) is 3.24 Å². The molecule has 1 nitrogen and oxygen atoms in total. The van der Waals surface area contributed by atoms with Gasteiger partial charge in [0.1, 0.15) is 0 Å². The van der Waals surface area contributed by atoms with E-state index in [1.165, 1.54) is 76.8 Å². The molecule has 0 unspecified atom stereocenters. The number of fused-ring (bicyclic) bond motifs is 4. The minimum Gasteiger partial charge on any atom is -0.310 e. The first-order valence-electron chi connectivity index (χ1n) is 18.9. The number of nitrogens with zero attached hydrogens (tertiary/aromatic N) is 1. The minimum absolute atomic E-state index is 1.10. The molecule has 1 heteroatoms. The monoisotopic (exact) mass is 699 g/mol. The standard InChI is InChI=1S/C54H37N/c1-3-12-40(13-4-1)52-35-34-48(37-53(52)42-14-5-2-6-15-42)55(47-33-30-45-27-26-43-17-8-10-20-51(43)54(45)36-47)46-31-28-39(29-32-46)38-22-24-44(25-23-38)50-21-11-18-41-16-7-9-19-49(41)50/h1-37H. The lowest BCUT2D eigenvalue weighted by atomic mass is 9.93. The fraction of sp³-hybridized carbons (Fsp3) is 0. The fourth-order valence-corrected chi connectivity index (χ4v) is 8.10. The number of hydrogen-bond donors (Lipinski definition) is 0. The van der Waals surface area contributed by atoms with Crippen molar-refractivity contribution in [3.63, 3.8) is 0 Å². The van der Waals surface area contributed by atoms with E-state index in [4.69, 9.17) is 0 Å². The normalized spacial score (nSPS) is 11.3. The molecule has 55 heavy (non-hydrogen) atoms. The quantitative estimate of drug-likeness (QED) is 0.150. The highest BCUT2D eigenvalue weighted by atomic mass is 15.1. The van der Waals surface area contributed by atoms with E-state index in [0.29, 0.717) is 0 Å². The summed E-state index contributed by atoms with van der Waals surface area (Å²) in [4.78, 5) is 2.40. The van der Waals surface area contributed by atoms with Gasteiger partial charge >= 0.3 is 0 Å². The molecule has 10 aromatic carbocycles. The molecule has 10 aromatic rings. The first-order chi connectivity index (χ1) is 27.3. The van der Waals surface area contributed by atoms with E-state index >= 15 is 0 Å². The highest BCUT2D eigenvalue weighted by molar-refractivity contribution is 6.09. The third-order valence-corrected chi connectivity index (χ3v) is 10.9. The summed E-state index contributed by atoms with van der Waals surface area (Å²) in [5.74, 6) is 0. The Labute approximate surface area is 322 Å². The SMILES string of the molecule is c1ccc(-c2ccc(N(c3ccc(-c4ccc(-c5cccc6ccccc56)cc4)cc3)c3ccc4ccc5ccccc5c4c3)cc2-c2ccccc2)cc1. The molecule has 0 aliphatic rings. The molecule has 0 bridgehead atoms. The molecule has 0 N–H and O–H groups in total. The van der Waals surface area contributed by atoms with Crippen LogP contribution in [0.1, 0.15) is 0 Å². The molecule has 0 aliphatic carbocycles. The van der Waals surface area contributed by atoms with Crippen molar-refractivity contribution in [1.82, 2.24) is 0 Å². The van der Waals surface area contributed by atoms with Gasteiger partial charge in [-0.15, -0.1) is 0 Å². The van der Waals surface area contributed by atoms with Crippen molar-refractivity contribution >= 4 is 49.4 Å². The van der Waals surface area contributed by atoms with Crippen LogP contribution in [0.15, 0.2) is 224 Å². The minimum atomic E-state index is 1.10. The van der Waals surface area contributed by atoms with Gasteiger partial charge in [0.25, 0.3) is 0 Å². The molecular weight excluding hydrogens is 663 g/mol. The van der Waals surface area contributed by atoms with Crippen LogP contribution in [0, 0.1) is 0 Å². The van der Waals surface area contributed by atoms with E-state index in [1.807, 2.05) is 0 Å². The second-order valence-electron chi connectivity index (χ2n) is 14.1. The summed E-state index contributed by atoms with van der Waals surface area (Å²) in [6.45, 7) is 0. The highest BCUT2D eigenvalue weighted by Gasteiger charge is 2.18. The Morgan fingerprint density at radius 2 is 0.673 bits per heavy atom. The number of anilines is 3. The second kappa shape index (κ2) is 14.0. The maximum atomic E-state index is 2.40. The first kappa shape index (κ1) is 32.4. The predicted molar refractivity (Wildman–Crippen MR) is 235 cm³/mol. The third kappa shape index (κ3) is 6.12. The van der Waals surface area contributed by atoms with Gasteiger partial charge in [0.2, 0.25) is 0 Å². The van der Waals surface area contributed by atoms with Gasteiger partial charge in [0.15, 0.2) is 0 Å². The summed E-state index contributed by atoms with van der Waals surface area (Å²) in [6.07, 6.45) is 0. The Balaban J connectivity index is 1.09. The molecule has 0 heterocycles. The average Bonchev–Trinajstić information content (AvgIpc) is 3.27. The van der Waals surface area contributed by atoms with Gasteiger partial charge in [-0.05, 0) is 113 Å². The number of hydrogen-bond acceptors (Lipinski definition) is 1. The third-order valence-electron chi connectivity index (χ3n) is 10.9.